The van der Waals surface area contributed by atoms with E-state index < -0.39 is 5.97 Å². The number of hydrogen-bond acceptors (Lipinski definition) is 1. The Balaban J connectivity index is 0.000000640. The van der Waals surface area contributed by atoms with Crippen molar-refractivity contribution in [3.8, 4) is 0 Å². The van der Waals surface area contributed by atoms with Crippen LogP contribution in [-0.4, -0.2) is 11.1 Å². The molecule has 0 aromatic rings. The van der Waals surface area contributed by atoms with Gasteiger partial charge in [0, 0.05) is 0 Å². The summed E-state index contributed by atoms with van der Waals surface area (Å²) in [6.45, 7) is 1.78. The molecular formula is C6H11ClO2. The zero-order valence-electron chi connectivity index (χ0n) is 5.33. The summed E-state index contributed by atoms with van der Waals surface area (Å²) in [7, 11) is 0. The predicted molar refractivity (Wildman–Crippen MR) is 36.8 cm³/mol. The molecule has 0 spiro atoms. The SMILES string of the molecule is CC(C(=O)O)C1CC1.Cl. The summed E-state index contributed by atoms with van der Waals surface area (Å²) in [4.78, 5) is 10.2. The number of halogens is 1. The second kappa shape index (κ2) is 3.06. The van der Waals surface area contributed by atoms with Crippen LogP contribution in [0.5, 0.6) is 0 Å². The molecule has 0 aromatic heterocycles. The summed E-state index contributed by atoms with van der Waals surface area (Å²) in [6.07, 6.45) is 2.24. The van der Waals surface area contributed by atoms with Crippen molar-refractivity contribution in [3.63, 3.8) is 0 Å². The molecule has 1 saturated carbocycles. The van der Waals surface area contributed by atoms with Crippen LogP contribution in [0.4, 0.5) is 0 Å². The van der Waals surface area contributed by atoms with Crippen LogP contribution in [-0.2, 0) is 4.79 Å². The Morgan fingerprint density at radius 2 is 2.11 bits per heavy atom. The van der Waals surface area contributed by atoms with E-state index in [0.717, 1.165) is 12.8 Å². The molecule has 0 aliphatic heterocycles. The van der Waals surface area contributed by atoms with Crippen LogP contribution in [0.3, 0.4) is 0 Å². The Morgan fingerprint density at radius 3 is 2.22 bits per heavy atom. The Labute approximate surface area is 60.7 Å². The zero-order chi connectivity index (χ0) is 6.15. The highest BCUT2D eigenvalue weighted by molar-refractivity contribution is 5.85. The summed E-state index contributed by atoms with van der Waals surface area (Å²) < 4.78 is 0. The molecule has 0 aromatic carbocycles. The molecule has 0 saturated heterocycles. The monoisotopic (exact) mass is 150 g/mol. The van der Waals surface area contributed by atoms with Gasteiger partial charge in [-0.15, -0.1) is 12.4 Å². The van der Waals surface area contributed by atoms with Crippen molar-refractivity contribution < 1.29 is 9.90 Å². The van der Waals surface area contributed by atoms with Crippen LogP contribution in [0, 0.1) is 11.8 Å². The first-order valence-electron chi connectivity index (χ1n) is 2.94. The maximum absolute atomic E-state index is 10.2. The number of rotatable bonds is 2. The van der Waals surface area contributed by atoms with Crippen LogP contribution < -0.4 is 0 Å². The molecule has 9 heavy (non-hydrogen) atoms. The maximum atomic E-state index is 10.2. The number of carbonyl (C=O) groups is 1. The van der Waals surface area contributed by atoms with Crippen LogP contribution in [0.25, 0.3) is 0 Å². The number of carboxylic acid groups (broad SMARTS) is 1. The highest BCUT2D eigenvalue weighted by Crippen LogP contribution is 2.36. The minimum Gasteiger partial charge on any atom is -0.481 e. The average Bonchev–Trinajstić information content (AvgIpc) is 2.43. The molecule has 0 heterocycles. The van der Waals surface area contributed by atoms with E-state index in [0.29, 0.717) is 5.92 Å². The molecule has 1 N–H and O–H groups in total. The lowest BCUT2D eigenvalue weighted by Crippen LogP contribution is -2.10. The lowest BCUT2D eigenvalue weighted by molar-refractivity contribution is -0.141. The van der Waals surface area contributed by atoms with Crippen molar-refractivity contribution in [2.24, 2.45) is 11.8 Å². The standard InChI is InChI=1S/C6H10O2.ClH/c1-4(6(7)8)5-2-3-5;/h4-5H,2-3H2,1H3,(H,7,8);1H. The van der Waals surface area contributed by atoms with Gasteiger partial charge >= 0.3 is 5.97 Å². The van der Waals surface area contributed by atoms with Gasteiger partial charge in [-0.1, -0.05) is 6.92 Å². The van der Waals surface area contributed by atoms with Crippen LogP contribution in [0.2, 0.25) is 0 Å². The van der Waals surface area contributed by atoms with Crippen LogP contribution in [0.15, 0.2) is 0 Å². The van der Waals surface area contributed by atoms with Gasteiger partial charge in [-0.2, -0.15) is 0 Å². The molecule has 54 valence electrons. The van der Waals surface area contributed by atoms with Gasteiger partial charge in [0.25, 0.3) is 0 Å². The third-order valence-electron chi connectivity index (χ3n) is 1.72. The van der Waals surface area contributed by atoms with Gasteiger partial charge in [0.2, 0.25) is 0 Å². The van der Waals surface area contributed by atoms with Gasteiger partial charge < -0.3 is 5.11 Å². The summed E-state index contributed by atoms with van der Waals surface area (Å²) in [5.41, 5.74) is 0. The van der Waals surface area contributed by atoms with Crippen molar-refractivity contribution in [1.29, 1.82) is 0 Å². The fourth-order valence-electron chi connectivity index (χ4n) is 0.798. The maximum Gasteiger partial charge on any atom is 0.306 e. The lowest BCUT2D eigenvalue weighted by Gasteiger charge is -1.99. The number of aliphatic carboxylic acids is 1. The predicted octanol–water partition coefficient (Wildman–Crippen LogP) is 1.54. The first kappa shape index (κ1) is 8.76. The third kappa shape index (κ3) is 2.22. The number of carboxylic acids is 1. The van der Waals surface area contributed by atoms with E-state index in [2.05, 4.69) is 0 Å². The Kier molecular flexibility index (Phi) is 2.98. The molecule has 2 nitrogen and oxygen atoms in total. The van der Waals surface area contributed by atoms with Gasteiger partial charge in [-0.05, 0) is 18.8 Å². The minimum absolute atomic E-state index is 0. The first-order valence-corrected chi connectivity index (χ1v) is 2.94. The van der Waals surface area contributed by atoms with Crippen molar-refractivity contribution in [1.82, 2.24) is 0 Å². The quantitative estimate of drug-likeness (QED) is 0.649. The van der Waals surface area contributed by atoms with E-state index in [1.54, 1.807) is 6.92 Å². The minimum atomic E-state index is -0.646. The topological polar surface area (TPSA) is 37.3 Å². The molecule has 3 heteroatoms. The van der Waals surface area contributed by atoms with E-state index in [1.807, 2.05) is 0 Å². The second-order valence-electron chi connectivity index (χ2n) is 2.46. The summed E-state index contributed by atoms with van der Waals surface area (Å²) in [5, 5.41) is 8.39. The van der Waals surface area contributed by atoms with E-state index in [1.165, 1.54) is 0 Å². The van der Waals surface area contributed by atoms with E-state index in [4.69, 9.17) is 5.11 Å². The molecule has 1 aliphatic carbocycles. The van der Waals surface area contributed by atoms with Gasteiger partial charge in [0.05, 0.1) is 5.92 Å². The molecule has 1 fully saturated rings. The van der Waals surface area contributed by atoms with Crippen LogP contribution >= 0.6 is 12.4 Å². The fraction of sp³-hybridized carbons (Fsp3) is 0.833. The van der Waals surface area contributed by atoms with Gasteiger partial charge in [-0.3, -0.25) is 4.79 Å². The Morgan fingerprint density at radius 1 is 1.67 bits per heavy atom. The summed E-state index contributed by atoms with van der Waals surface area (Å²) >= 11 is 0. The van der Waals surface area contributed by atoms with Crippen molar-refractivity contribution in [2.75, 3.05) is 0 Å². The van der Waals surface area contributed by atoms with Gasteiger partial charge in [0.15, 0.2) is 0 Å². The molecule has 1 unspecified atom stereocenters. The molecule has 1 atom stereocenters. The fourth-order valence-corrected chi connectivity index (χ4v) is 0.798. The molecular weight excluding hydrogens is 140 g/mol. The van der Waals surface area contributed by atoms with E-state index in [-0.39, 0.29) is 18.3 Å². The Hall–Kier alpha value is -0.240. The van der Waals surface area contributed by atoms with E-state index >= 15 is 0 Å². The summed E-state index contributed by atoms with van der Waals surface area (Å²) in [6, 6.07) is 0. The average molecular weight is 151 g/mol. The highest BCUT2D eigenvalue weighted by atomic mass is 35.5. The Bertz CT molecular complexity index is 110. The third-order valence-corrected chi connectivity index (χ3v) is 1.72. The highest BCUT2D eigenvalue weighted by Gasteiger charge is 2.32. The van der Waals surface area contributed by atoms with Crippen molar-refractivity contribution in [3.05, 3.63) is 0 Å². The van der Waals surface area contributed by atoms with Gasteiger partial charge in [-0.25, -0.2) is 0 Å². The lowest BCUT2D eigenvalue weighted by atomic mass is 10.1. The molecule has 0 radical (unpaired) electrons. The first-order chi connectivity index (χ1) is 3.72. The van der Waals surface area contributed by atoms with Gasteiger partial charge in [0.1, 0.15) is 0 Å². The smallest absolute Gasteiger partial charge is 0.306 e. The molecule has 1 rings (SSSR count). The normalized spacial score (nSPS) is 20.1. The van der Waals surface area contributed by atoms with E-state index in [9.17, 15) is 4.79 Å². The van der Waals surface area contributed by atoms with Crippen molar-refractivity contribution >= 4 is 18.4 Å². The second-order valence-corrected chi connectivity index (χ2v) is 2.46. The van der Waals surface area contributed by atoms with Crippen molar-refractivity contribution in [2.45, 2.75) is 19.8 Å². The molecule has 1 aliphatic rings. The zero-order valence-corrected chi connectivity index (χ0v) is 6.15. The summed E-state index contributed by atoms with van der Waals surface area (Å²) in [5.74, 6) is -0.255. The largest absolute Gasteiger partial charge is 0.481 e. The molecule has 0 bridgehead atoms. The molecule has 0 amide bonds. The number of hydrogen-bond donors (Lipinski definition) is 1. The van der Waals surface area contributed by atoms with Crippen LogP contribution in [0.1, 0.15) is 19.8 Å².